The Balaban J connectivity index is 1.92. The predicted molar refractivity (Wildman–Crippen MR) is 78.6 cm³/mol. The molecule has 0 aromatic heterocycles. The molecule has 2 aliphatic rings. The largest absolute Gasteiger partial charge is 0.364 e. The van der Waals surface area contributed by atoms with Crippen molar-refractivity contribution in [3.63, 3.8) is 0 Å². The molecule has 2 heteroatoms. The van der Waals surface area contributed by atoms with Crippen molar-refractivity contribution in [2.24, 2.45) is 5.41 Å². The van der Waals surface area contributed by atoms with Crippen LogP contribution in [0.25, 0.3) is 0 Å². The van der Waals surface area contributed by atoms with Crippen molar-refractivity contribution in [1.29, 1.82) is 0 Å². The molecule has 3 rings (SSSR count). The Morgan fingerprint density at radius 1 is 1.26 bits per heavy atom. The number of nitrogens with zero attached hydrogens (tertiary/aromatic N) is 1. The molecule has 0 bridgehead atoms. The summed E-state index contributed by atoms with van der Waals surface area (Å²) < 4.78 is 0. The number of fused-ring (bicyclic) bond motifs is 1. The Morgan fingerprint density at radius 2 is 2.05 bits per heavy atom. The molecular formula is C17H19NO. The Bertz CT molecular complexity index is 529. The second-order valence-electron chi connectivity index (χ2n) is 5.70. The summed E-state index contributed by atoms with van der Waals surface area (Å²) >= 11 is 0. The van der Waals surface area contributed by atoms with E-state index in [0.29, 0.717) is 6.04 Å². The van der Waals surface area contributed by atoms with Gasteiger partial charge in [0.15, 0.2) is 0 Å². The summed E-state index contributed by atoms with van der Waals surface area (Å²) in [6.45, 7) is 3.42. The average molecular weight is 253 g/mol. The molecular weight excluding hydrogens is 234 g/mol. The van der Waals surface area contributed by atoms with Gasteiger partial charge in [-0.25, -0.2) is 0 Å². The highest BCUT2D eigenvalue weighted by atomic mass is 16.1. The zero-order valence-corrected chi connectivity index (χ0v) is 11.3. The molecule has 0 radical (unpaired) electrons. The molecule has 1 aromatic carbocycles. The second-order valence-corrected chi connectivity index (χ2v) is 5.70. The summed E-state index contributed by atoms with van der Waals surface area (Å²) in [5.41, 5.74) is 2.18. The van der Waals surface area contributed by atoms with Crippen molar-refractivity contribution in [1.82, 2.24) is 0 Å². The minimum absolute atomic E-state index is 0.232. The number of allylic oxidation sites excluding steroid dienone is 2. The normalized spacial score (nSPS) is 29.1. The molecule has 1 aromatic rings. The fraction of sp³-hybridized carbons (Fsp3) is 0.353. The van der Waals surface area contributed by atoms with E-state index in [1.807, 2.05) is 12.1 Å². The van der Waals surface area contributed by atoms with Crippen molar-refractivity contribution < 1.29 is 4.79 Å². The molecule has 0 saturated carbocycles. The maximum Gasteiger partial charge on any atom is 0.150 e. The molecule has 2 atom stereocenters. The number of anilines is 1. The molecule has 2 nitrogen and oxygen atoms in total. The highest BCUT2D eigenvalue weighted by Gasteiger charge is 2.38. The van der Waals surface area contributed by atoms with Crippen molar-refractivity contribution in [3.05, 3.63) is 54.1 Å². The van der Waals surface area contributed by atoms with Crippen LogP contribution in [0.2, 0.25) is 0 Å². The number of carbonyl (C=O) groups excluding carboxylic acids is 1. The van der Waals surface area contributed by atoms with Crippen LogP contribution >= 0.6 is 0 Å². The third-order valence-electron chi connectivity index (χ3n) is 4.37. The minimum Gasteiger partial charge on any atom is -0.364 e. The van der Waals surface area contributed by atoms with E-state index in [0.717, 1.165) is 18.4 Å². The van der Waals surface area contributed by atoms with Crippen LogP contribution in [0.3, 0.4) is 0 Å². The SMILES string of the molecule is CC12C=CC=CC1N(c1ccc(C=O)cc1)CCC2. The molecule has 1 saturated heterocycles. The Morgan fingerprint density at radius 3 is 2.79 bits per heavy atom. The Labute approximate surface area is 114 Å². The molecule has 0 N–H and O–H groups in total. The van der Waals surface area contributed by atoms with Crippen LogP contribution in [-0.4, -0.2) is 18.9 Å². The summed E-state index contributed by atoms with van der Waals surface area (Å²) in [7, 11) is 0. The van der Waals surface area contributed by atoms with Crippen LogP contribution in [0, 0.1) is 5.41 Å². The first-order chi connectivity index (χ1) is 9.23. The number of piperidine rings is 1. The van der Waals surface area contributed by atoms with Crippen LogP contribution in [0.4, 0.5) is 5.69 Å². The lowest BCUT2D eigenvalue weighted by Crippen LogP contribution is -2.50. The first-order valence-corrected chi connectivity index (χ1v) is 6.91. The van der Waals surface area contributed by atoms with Gasteiger partial charge < -0.3 is 4.90 Å². The van der Waals surface area contributed by atoms with Crippen LogP contribution in [0.5, 0.6) is 0 Å². The van der Waals surface area contributed by atoms with Crippen molar-refractivity contribution in [3.8, 4) is 0 Å². The predicted octanol–water partition coefficient (Wildman–Crippen LogP) is 3.60. The first-order valence-electron chi connectivity index (χ1n) is 6.91. The van der Waals surface area contributed by atoms with Crippen molar-refractivity contribution in [2.75, 3.05) is 11.4 Å². The van der Waals surface area contributed by atoms with Gasteiger partial charge in [-0.2, -0.15) is 0 Å². The molecule has 0 amide bonds. The lowest BCUT2D eigenvalue weighted by atomic mass is 9.72. The summed E-state index contributed by atoms with van der Waals surface area (Å²) in [5.74, 6) is 0. The molecule has 2 unspecified atom stereocenters. The van der Waals surface area contributed by atoms with E-state index in [1.54, 1.807) is 0 Å². The lowest BCUT2D eigenvalue weighted by molar-refractivity contribution is 0.112. The molecule has 1 aliphatic carbocycles. The molecule has 1 heterocycles. The fourth-order valence-corrected chi connectivity index (χ4v) is 3.26. The van der Waals surface area contributed by atoms with Crippen molar-refractivity contribution >= 4 is 12.0 Å². The van der Waals surface area contributed by atoms with Gasteiger partial charge in [0.2, 0.25) is 0 Å². The highest BCUT2D eigenvalue weighted by molar-refractivity contribution is 5.75. The standard InChI is InChI=1S/C17H19NO/c1-17-10-3-2-5-16(17)18(12-4-11-17)15-8-6-14(13-19)7-9-15/h2-3,5-10,13,16H,4,11-12H2,1H3. The Kier molecular flexibility index (Phi) is 3.02. The number of hydrogen-bond acceptors (Lipinski definition) is 2. The summed E-state index contributed by atoms with van der Waals surface area (Å²) in [6, 6.07) is 8.34. The average Bonchev–Trinajstić information content (AvgIpc) is 2.46. The van der Waals surface area contributed by atoms with Gasteiger partial charge in [0.05, 0.1) is 6.04 Å². The van der Waals surface area contributed by atoms with E-state index in [2.05, 4.69) is 48.3 Å². The first kappa shape index (κ1) is 12.2. The van der Waals surface area contributed by atoms with Gasteiger partial charge in [-0.3, -0.25) is 4.79 Å². The molecule has 1 aliphatic heterocycles. The van der Waals surface area contributed by atoms with Gasteiger partial charge in [-0.1, -0.05) is 31.2 Å². The van der Waals surface area contributed by atoms with Crippen LogP contribution < -0.4 is 4.90 Å². The fourth-order valence-electron chi connectivity index (χ4n) is 3.26. The van der Waals surface area contributed by atoms with Crippen LogP contribution in [0.15, 0.2) is 48.6 Å². The molecule has 0 spiro atoms. The number of rotatable bonds is 2. The number of hydrogen-bond donors (Lipinski definition) is 0. The van der Waals surface area contributed by atoms with Crippen LogP contribution in [0.1, 0.15) is 30.1 Å². The molecule has 1 fully saturated rings. The van der Waals surface area contributed by atoms with Crippen LogP contribution in [-0.2, 0) is 0 Å². The molecule has 19 heavy (non-hydrogen) atoms. The third kappa shape index (κ3) is 2.12. The van der Waals surface area contributed by atoms with Gasteiger partial charge in [-0.15, -0.1) is 0 Å². The monoisotopic (exact) mass is 253 g/mol. The minimum atomic E-state index is 0.232. The van der Waals surface area contributed by atoms with Gasteiger partial charge in [0.25, 0.3) is 0 Å². The van der Waals surface area contributed by atoms with E-state index in [9.17, 15) is 4.79 Å². The van der Waals surface area contributed by atoms with E-state index in [4.69, 9.17) is 0 Å². The third-order valence-corrected chi connectivity index (χ3v) is 4.37. The number of carbonyl (C=O) groups is 1. The Hall–Kier alpha value is -1.83. The van der Waals surface area contributed by atoms with E-state index < -0.39 is 0 Å². The summed E-state index contributed by atoms with van der Waals surface area (Å²) in [6.07, 6.45) is 12.3. The second kappa shape index (κ2) is 4.69. The number of aldehydes is 1. The topological polar surface area (TPSA) is 20.3 Å². The molecule has 98 valence electrons. The van der Waals surface area contributed by atoms with Gasteiger partial charge in [0, 0.05) is 23.2 Å². The van der Waals surface area contributed by atoms with E-state index >= 15 is 0 Å². The smallest absolute Gasteiger partial charge is 0.150 e. The van der Waals surface area contributed by atoms with E-state index in [1.165, 1.54) is 18.5 Å². The van der Waals surface area contributed by atoms with Gasteiger partial charge in [-0.05, 0) is 37.1 Å². The number of benzene rings is 1. The van der Waals surface area contributed by atoms with Gasteiger partial charge >= 0.3 is 0 Å². The highest BCUT2D eigenvalue weighted by Crippen LogP contribution is 2.41. The maximum absolute atomic E-state index is 10.7. The van der Waals surface area contributed by atoms with E-state index in [-0.39, 0.29) is 5.41 Å². The summed E-state index contributed by atoms with van der Waals surface area (Å²) in [5, 5.41) is 0. The zero-order chi connectivity index (χ0) is 13.3. The van der Waals surface area contributed by atoms with Crippen molar-refractivity contribution in [2.45, 2.75) is 25.8 Å². The van der Waals surface area contributed by atoms with Gasteiger partial charge in [0.1, 0.15) is 6.29 Å². The lowest BCUT2D eigenvalue weighted by Gasteiger charge is -2.48. The quantitative estimate of drug-likeness (QED) is 0.751. The zero-order valence-electron chi connectivity index (χ0n) is 11.3. The maximum atomic E-state index is 10.7. The summed E-state index contributed by atoms with van der Waals surface area (Å²) in [4.78, 5) is 13.2.